The number of rotatable bonds is 8. The number of carbonyl (C=O) groups excluding carboxylic acids is 1. The molecule has 0 aliphatic heterocycles. The Balaban J connectivity index is 2.07. The molecule has 1 aromatic heterocycles. The first-order valence-corrected chi connectivity index (χ1v) is 7.76. The molecule has 0 amide bonds. The SMILES string of the molecule is COC(=O)Cc1ccc(OCc2ncnn2CC(C)C)c(OC)c1. The van der Waals surface area contributed by atoms with Crippen LogP contribution in [-0.4, -0.2) is 35.0 Å². The van der Waals surface area contributed by atoms with Crippen LogP contribution in [0.2, 0.25) is 0 Å². The fourth-order valence-electron chi connectivity index (χ4n) is 2.22. The van der Waals surface area contributed by atoms with Gasteiger partial charge in [0.2, 0.25) is 0 Å². The maximum Gasteiger partial charge on any atom is 0.309 e. The highest BCUT2D eigenvalue weighted by molar-refractivity contribution is 5.72. The van der Waals surface area contributed by atoms with E-state index in [1.807, 2.05) is 10.7 Å². The van der Waals surface area contributed by atoms with Crippen LogP contribution >= 0.6 is 0 Å². The molecule has 7 nitrogen and oxygen atoms in total. The molecule has 1 heterocycles. The van der Waals surface area contributed by atoms with Gasteiger partial charge in [0, 0.05) is 6.54 Å². The molecule has 130 valence electrons. The monoisotopic (exact) mass is 333 g/mol. The number of hydrogen-bond donors (Lipinski definition) is 0. The van der Waals surface area contributed by atoms with Crippen molar-refractivity contribution >= 4 is 5.97 Å². The van der Waals surface area contributed by atoms with Gasteiger partial charge < -0.3 is 14.2 Å². The fraction of sp³-hybridized carbons (Fsp3) is 0.471. The van der Waals surface area contributed by atoms with E-state index in [2.05, 4.69) is 28.7 Å². The second kappa shape index (κ2) is 8.33. The lowest BCUT2D eigenvalue weighted by Gasteiger charge is -2.13. The molecule has 24 heavy (non-hydrogen) atoms. The summed E-state index contributed by atoms with van der Waals surface area (Å²) in [6.07, 6.45) is 1.72. The van der Waals surface area contributed by atoms with Gasteiger partial charge >= 0.3 is 5.97 Å². The minimum atomic E-state index is -0.299. The van der Waals surface area contributed by atoms with Crippen molar-refractivity contribution < 1.29 is 19.0 Å². The molecule has 0 N–H and O–H groups in total. The van der Waals surface area contributed by atoms with Gasteiger partial charge in [0.05, 0.1) is 20.6 Å². The van der Waals surface area contributed by atoms with E-state index >= 15 is 0 Å². The molecule has 0 unspecified atom stereocenters. The van der Waals surface area contributed by atoms with Crippen LogP contribution in [0.5, 0.6) is 11.5 Å². The summed E-state index contributed by atoms with van der Waals surface area (Å²) < 4.78 is 17.7. The summed E-state index contributed by atoms with van der Waals surface area (Å²) in [7, 11) is 2.93. The Kier molecular flexibility index (Phi) is 6.17. The lowest BCUT2D eigenvalue weighted by Crippen LogP contribution is -2.12. The Bertz CT molecular complexity index is 682. The molecule has 0 bridgehead atoms. The third kappa shape index (κ3) is 4.71. The summed E-state index contributed by atoms with van der Waals surface area (Å²) in [6.45, 7) is 5.32. The maximum atomic E-state index is 11.4. The van der Waals surface area contributed by atoms with Crippen molar-refractivity contribution in [3.05, 3.63) is 35.9 Å². The predicted molar refractivity (Wildman–Crippen MR) is 87.9 cm³/mol. The molecule has 7 heteroatoms. The number of hydrogen-bond acceptors (Lipinski definition) is 6. The van der Waals surface area contributed by atoms with Crippen LogP contribution in [0.3, 0.4) is 0 Å². The van der Waals surface area contributed by atoms with Gasteiger partial charge in [0.15, 0.2) is 17.3 Å². The molecule has 0 saturated carbocycles. The molecule has 0 aliphatic carbocycles. The van der Waals surface area contributed by atoms with Crippen molar-refractivity contribution in [2.75, 3.05) is 14.2 Å². The van der Waals surface area contributed by atoms with Gasteiger partial charge in [-0.05, 0) is 23.6 Å². The average molecular weight is 333 g/mol. The summed E-state index contributed by atoms with van der Waals surface area (Å²) in [5.41, 5.74) is 0.800. The lowest BCUT2D eigenvalue weighted by atomic mass is 10.1. The third-order valence-electron chi connectivity index (χ3n) is 3.39. The van der Waals surface area contributed by atoms with Crippen LogP contribution in [-0.2, 0) is 29.1 Å². The van der Waals surface area contributed by atoms with Gasteiger partial charge in [-0.3, -0.25) is 4.79 Å². The topological polar surface area (TPSA) is 75.5 Å². The Morgan fingerprint density at radius 2 is 2.04 bits per heavy atom. The zero-order valence-corrected chi connectivity index (χ0v) is 14.5. The smallest absolute Gasteiger partial charge is 0.309 e. The van der Waals surface area contributed by atoms with E-state index in [0.29, 0.717) is 24.0 Å². The normalized spacial score (nSPS) is 10.7. The molecular formula is C17H23N3O4. The first-order valence-electron chi connectivity index (χ1n) is 7.76. The Morgan fingerprint density at radius 3 is 2.71 bits per heavy atom. The standard InChI is InChI=1S/C17H23N3O4/c1-12(2)9-20-16(18-11-19-20)10-24-14-6-5-13(7-15(14)22-3)8-17(21)23-4/h5-7,11-12H,8-10H2,1-4H3. The van der Waals surface area contributed by atoms with E-state index in [0.717, 1.165) is 17.9 Å². The molecule has 0 spiro atoms. The van der Waals surface area contributed by atoms with Gasteiger partial charge in [-0.25, -0.2) is 9.67 Å². The highest BCUT2D eigenvalue weighted by Crippen LogP contribution is 2.29. The number of esters is 1. The Hall–Kier alpha value is -2.57. The Labute approximate surface area is 141 Å². The number of methoxy groups -OCH3 is 2. The van der Waals surface area contributed by atoms with Crippen molar-refractivity contribution in [1.29, 1.82) is 0 Å². The minimum Gasteiger partial charge on any atom is -0.493 e. The molecule has 0 radical (unpaired) electrons. The van der Waals surface area contributed by atoms with Crippen LogP contribution in [0.1, 0.15) is 25.2 Å². The van der Waals surface area contributed by atoms with Gasteiger partial charge in [-0.1, -0.05) is 19.9 Å². The van der Waals surface area contributed by atoms with Crippen molar-refractivity contribution in [2.24, 2.45) is 5.92 Å². The van der Waals surface area contributed by atoms with E-state index in [4.69, 9.17) is 9.47 Å². The van der Waals surface area contributed by atoms with Crippen LogP contribution < -0.4 is 9.47 Å². The first-order chi connectivity index (χ1) is 11.5. The summed E-state index contributed by atoms with van der Waals surface area (Å²) >= 11 is 0. The third-order valence-corrected chi connectivity index (χ3v) is 3.39. The number of benzene rings is 1. The highest BCUT2D eigenvalue weighted by atomic mass is 16.5. The Morgan fingerprint density at radius 1 is 1.25 bits per heavy atom. The number of nitrogens with zero attached hydrogens (tertiary/aromatic N) is 3. The van der Waals surface area contributed by atoms with Crippen LogP contribution in [0.15, 0.2) is 24.5 Å². The number of carbonyl (C=O) groups is 1. The minimum absolute atomic E-state index is 0.190. The predicted octanol–water partition coefficient (Wildman–Crippen LogP) is 2.24. The van der Waals surface area contributed by atoms with E-state index < -0.39 is 0 Å². The molecule has 2 aromatic rings. The summed E-state index contributed by atoms with van der Waals surface area (Å²) in [5.74, 6) is 2.08. The van der Waals surface area contributed by atoms with E-state index in [9.17, 15) is 4.79 Å². The van der Waals surface area contributed by atoms with Crippen LogP contribution in [0.25, 0.3) is 0 Å². The van der Waals surface area contributed by atoms with E-state index in [1.54, 1.807) is 19.2 Å². The largest absolute Gasteiger partial charge is 0.493 e. The van der Waals surface area contributed by atoms with E-state index in [1.165, 1.54) is 13.4 Å². The van der Waals surface area contributed by atoms with Crippen LogP contribution in [0, 0.1) is 5.92 Å². The lowest BCUT2D eigenvalue weighted by molar-refractivity contribution is -0.139. The average Bonchev–Trinajstić information content (AvgIpc) is 2.99. The highest BCUT2D eigenvalue weighted by Gasteiger charge is 2.11. The van der Waals surface area contributed by atoms with Gasteiger partial charge in [-0.2, -0.15) is 5.10 Å². The van der Waals surface area contributed by atoms with Crippen molar-refractivity contribution in [3.63, 3.8) is 0 Å². The number of ether oxygens (including phenoxy) is 3. The van der Waals surface area contributed by atoms with Crippen molar-refractivity contribution in [1.82, 2.24) is 14.8 Å². The molecular weight excluding hydrogens is 310 g/mol. The number of aromatic nitrogens is 3. The van der Waals surface area contributed by atoms with Gasteiger partial charge in [0.25, 0.3) is 0 Å². The second-order valence-corrected chi connectivity index (χ2v) is 5.78. The quantitative estimate of drug-likeness (QED) is 0.690. The zero-order valence-electron chi connectivity index (χ0n) is 14.5. The first kappa shape index (κ1) is 17.8. The molecule has 0 fully saturated rings. The summed E-state index contributed by atoms with van der Waals surface area (Å²) in [5, 5.41) is 4.21. The summed E-state index contributed by atoms with van der Waals surface area (Å²) in [6, 6.07) is 5.36. The molecule has 0 atom stereocenters. The van der Waals surface area contributed by atoms with Crippen molar-refractivity contribution in [2.45, 2.75) is 33.4 Å². The molecule has 0 saturated heterocycles. The molecule has 2 rings (SSSR count). The molecule has 1 aromatic carbocycles. The van der Waals surface area contributed by atoms with Gasteiger partial charge in [-0.15, -0.1) is 0 Å². The molecule has 0 aliphatic rings. The summed E-state index contributed by atoms with van der Waals surface area (Å²) in [4.78, 5) is 15.6. The van der Waals surface area contributed by atoms with Crippen LogP contribution in [0.4, 0.5) is 0 Å². The van der Waals surface area contributed by atoms with Crippen molar-refractivity contribution in [3.8, 4) is 11.5 Å². The fourth-order valence-corrected chi connectivity index (χ4v) is 2.22. The van der Waals surface area contributed by atoms with Gasteiger partial charge in [0.1, 0.15) is 12.9 Å². The van der Waals surface area contributed by atoms with E-state index in [-0.39, 0.29) is 12.4 Å². The second-order valence-electron chi connectivity index (χ2n) is 5.78. The maximum absolute atomic E-state index is 11.4. The zero-order chi connectivity index (χ0) is 17.5.